The molecule has 0 aromatic carbocycles. The first-order valence-corrected chi connectivity index (χ1v) is 3.55. The topological polar surface area (TPSA) is 33.1 Å². The first-order chi connectivity index (χ1) is 5.29. The van der Waals surface area contributed by atoms with E-state index in [0.717, 1.165) is 5.56 Å². The lowest BCUT2D eigenvalue weighted by molar-refractivity contribution is 0.245. The molecule has 0 saturated carbocycles. The molecule has 1 rings (SSSR count). The van der Waals surface area contributed by atoms with Crippen molar-refractivity contribution in [2.45, 2.75) is 13.0 Å². The van der Waals surface area contributed by atoms with Gasteiger partial charge in [0.15, 0.2) is 0 Å². The summed E-state index contributed by atoms with van der Waals surface area (Å²) in [7, 11) is 0. The molecule has 1 atom stereocenters. The number of rotatable bonds is 2. The molecule has 2 heteroatoms. The number of hydrogen-bond acceptors (Lipinski definition) is 2. The van der Waals surface area contributed by atoms with E-state index in [1.165, 1.54) is 0 Å². The van der Waals surface area contributed by atoms with E-state index in [-0.39, 0.29) is 0 Å². The van der Waals surface area contributed by atoms with E-state index in [2.05, 4.69) is 4.98 Å². The summed E-state index contributed by atoms with van der Waals surface area (Å²) in [5.41, 5.74) is 1.01. The summed E-state index contributed by atoms with van der Waals surface area (Å²) in [6, 6.07) is 3.80. The minimum atomic E-state index is -0.393. The fourth-order valence-electron chi connectivity index (χ4n) is 0.725. The smallest absolute Gasteiger partial charge is 0.0696 e. The predicted octanol–water partition coefficient (Wildman–Crippen LogP) is 1.48. The van der Waals surface area contributed by atoms with Crippen LogP contribution in [0, 0.1) is 0 Å². The number of pyridine rings is 1. The van der Waals surface area contributed by atoms with Gasteiger partial charge in [0, 0.05) is 12.4 Å². The van der Waals surface area contributed by atoms with E-state index >= 15 is 0 Å². The Kier molecular flexibility index (Phi) is 2.81. The van der Waals surface area contributed by atoms with E-state index in [1.54, 1.807) is 25.4 Å². The molecule has 0 aliphatic heterocycles. The molecule has 0 bridgehead atoms. The Morgan fingerprint density at radius 2 is 2.45 bits per heavy atom. The van der Waals surface area contributed by atoms with Crippen LogP contribution in [-0.2, 0) is 0 Å². The standard InChI is InChI=1S/C9H11NO/c1-8(11)4-5-9-3-2-6-10-7-9/h2-8,11H,1H3/b5-4+/t8-/m0/s1. The highest BCUT2D eigenvalue weighted by molar-refractivity contribution is 5.47. The Morgan fingerprint density at radius 3 is 3.00 bits per heavy atom. The van der Waals surface area contributed by atoms with Crippen molar-refractivity contribution in [3.63, 3.8) is 0 Å². The molecule has 1 aromatic heterocycles. The van der Waals surface area contributed by atoms with Crippen molar-refractivity contribution in [1.29, 1.82) is 0 Å². The molecule has 0 aliphatic rings. The van der Waals surface area contributed by atoms with Crippen molar-refractivity contribution in [1.82, 2.24) is 4.98 Å². The first-order valence-electron chi connectivity index (χ1n) is 3.55. The van der Waals surface area contributed by atoms with Crippen LogP contribution in [0.5, 0.6) is 0 Å². The van der Waals surface area contributed by atoms with Gasteiger partial charge in [0.25, 0.3) is 0 Å². The van der Waals surface area contributed by atoms with E-state index < -0.39 is 6.10 Å². The first kappa shape index (κ1) is 7.95. The molecular weight excluding hydrogens is 138 g/mol. The van der Waals surface area contributed by atoms with Crippen molar-refractivity contribution in [3.05, 3.63) is 36.2 Å². The summed E-state index contributed by atoms with van der Waals surface area (Å²) in [6.07, 6.45) is 6.64. The van der Waals surface area contributed by atoms with Gasteiger partial charge < -0.3 is 5.11 Å². The Hall–Kier alpha value is -1.15. The van der Waals surface area contributed by atoms with Crippen LogP contribution in [0.4, 0.5) is 0 Å². The lowest BCUT2D eigenvalue weighted by Crippen LogP contribution is -1.91. The van der Waals surface area contributed by atoms with Crippen LogP contribution in [0.15, 0.2) is 30.6 Å². The predicted molar refractivity (Wildman–Crippen MR) is 45.0 cm³/mol. The van der Waals surface area contributed by atoms with Crippen LogP contribution < -0.4 is 0 Å². The molecule has 0 amide bonds. The Bertz CT molecular complexity index is 229. The van der Waals surface area contributed by atoms with Gasteiger partial charge in [-0.15, -0.1) is 0 Å². The fourth-order valence-corrected chi connectivity index (χ4v) is 0.725. The molecule has 0 unspecified atom stereocenters. The van der Waals surface area contributed by atoms with Gasteiger partial charge in [-0.1, -0.05) is 18.2 Å². The van der Waals surface area contributed by atoms with E-state index in [4.69, 9.17) is 5.11 Å². The Morgan fingerprint density at radius 1 is 1.64 bits per heavy atom. The molecule has 0 spiro atoms. The molecule has 0 saturated heterocycles. The monoisotopic (exact) mass is 149 g/mol. The van der Waals surface area contributed by atoms with Crippen molar-refractivity contribution < 1.29 is 5.11 Å². The average molecular weight is 149 g/mol. The summed E-state index contributed by atoms with van der Waals surface area (Å²) < 4.78 is 0. The number of hydrogen-bond donors (Lipinski definition) is 1. The van der Waals surface area contributed by atoms with Crippen molar-refractivity contribution in [2.75, 3.05) is 0 Å². The van der Waals surface area contributed by atoms with Crippen LogP contribution in [0.3, 0.4) is 0 Å². The Balaban J connectivity index is 2.65. The van der Waals surface area contributed by atoms with Gasteiger partial charge >= 0.3 is 0 Å². The maximum Gasteiger partial charge on any atom is 0.0696 e. The van der Waals surface area contributed by atoms with Gasteiger partial charge in [-0.2, -0.15) is 0 Å². The lowest BCUT2D eigenvalue weighted by atomic mass is 10.2. The molecular formula is C9H11NO. The fraction of sp³-hybridized carbons (Fsp3) is 0.222. The molecule has 1 aromatic rings. The zero-order valence-corrected chi connectivity index (χ0v) is 6.44. The number of aliphatic hydroxyl groups is 1. The molecule has 11 heavy (non-hydrogen) atoms. The zero-order chi connectivity index (χ0) is 8.10. The minimum Gasteiger partial charge on any atom is -0.389 e. The molecule has 2 nitrogen and oxygen atoms in total. The third-order valence-corrected chi connectivity index (χ3v) is 1.25. The highest BCUT2D eigenvalue weighted by Crippen LogP contribution is 1.99. The molecule has 0 radical (unpaired) electrons. The lowest BCUT2D eigenvalue weighted by Gasteiger charge is -1.93. The van der Waals surface area contributed by atoms with Crippen LogP contribution >= 0.6 is 0 Å². The molecule has 58 valence electrons. The van der Waals surface area contributed by atoms with Gasteiger partial charge in [0.2, 0.25) is 0 Å². The summed E-state index contributed by atoms with van der Waals surface area (Å²) >= 11 is 0. The molecule has 0 aliphatic carbocycles. The SMILES string of the molecule is C[C@H](O)/C=C/c1cccnc1. The summed E-state index contributed by atoms with van der Waals surface area (Å²) in [5, 5.41) is 8.91. The third-order valence-electron chi connectivity index (χ3n) is 1.25. The Labute approximate surface area is 66.2 Å². The minimum absolute atomic E-state index is 0.393. The van der Waals surface area contributed by atoms with Crippen LogP contribution in [0.1, 0.15) is 12.5 Å². The second-order valence-corrected chi connectivity index (χ2v) is 2.39. The van der Waals surface area contributed by atoms with Crippen molar-refractivity contribution >= 4 is 6.08 Å². The van der Waals surface area contributed by atoms with Crippen LogP contribution in [-0.4, -0.2) is 16.2 Å². The second-order valence-electron chi connectivity index (χ2n) is 2.39. The maximum absolute atomic E-state index is 8.91. The van der Waals surface area contributed by atoms with Crippen LogP contribution in [0.25, 0.3) is 6.08 Å². The van der Waals surface area contributed by atoms with E-state index in [9.17, 15) is 0 Å². The van der Waals surface area contributed by atoms with Crippen molar-refractivity contribution in [2.24, 2.45) is 0 Å². The molecule has 0 fully saturated rings. The van der Waals surface area contributed by atoms with Gasteiger partial charge in [0.05, 0.1) is 6.10 Å². The maximum atomic E-state index is 8.91. The highest BCUT2D eigenvalue weighted by Gasteiger charge is 1.86. The molecule has 1 N–H and O–H groups in total. The highest BCUT2D eigenvalue weighted by atomic mass is 16.3. The van der Waals surface area contributed by atoms with Gasteiger partial charge in [-0.05, 0) is 18.6 Å². The summed E-state index contributed by atoms with van der Waals surface area (Å²) in [6.45, 7) is 1.72. The third kappa shape index (κ3) is 2.96. The number of aliphatic hydroxyl groups excluding tert-OH is 1. The quantitative estimate of drug-likeness (QED) is 0.690. The van der Waals surface area contributed by atoms with Crippen LogP contribution in [0.2, 0.25) is 0 Å². The number of nitrogens with zero attached hydrogens (tertiary/aromatic N) is 1. The van der Waals surface area contributed by atoms with Crippen molar-refractivity contribution in [3.8, 4) is 0 Å². The van der Waals surface area contributed by atoms with Gasteiger partial charge in [0.1, 0.15) is 0 Å². The second kappa shape index (κ2) is 3.88. The summed E-state index contributed by atoms with van der Waals surface area (Å²) in [5.74, 6) is 0. The molecule has 1 heterocycles. The van der Waals surface area contributed by atoms with E-state index in [1.807, 2.05) is 18.2 Å². The average Bonchev–Trinajstić information content (AvgIpc) is 2.03. The number of aromatic nitrogens is 1. The largest absolute Gasteiger partial charge is 0.389 e. The van der Waals surface area contributed by atoms with E-state index in [0.29, 0.717) is 0 Å². The normalized spacial score (nSPS) is 13.6. The zero-order valence-electron chi connectivity index (χ0n) is 6.44. The van der Waals surface area contributed by atoms with Gasteiger partial charge in [-0.3, -0.25) is 4.98 Å². The summed E-state index contributed by atoms with van der Waals surface area (Å²) in [4.78, 5) is 3.93. The van der Waals surface area contributed by atoms with Gasteiger partial charge in [-0.25, -0.2) is 0 Å².